The van der Waals surface area contributed by atoms with Crippen LogP contribution < -0.4 is 0 Å². The highest BCUT2D eigenvalue weighted by Gasteiger charge is 2.03. The number of hydrogen-bond acceptors (Lipinski definition) is 2. The van der Waals surface area contributed by atoms with Crippen molar-refractivity contribution in [1.29, 1.82) is 0 Å². The summed E-state index contributed by atoms with van der Waals surface area (Å²) in [6, 6.07) is 0. The Morgan fingerprint density at radius 2 is 2.00 bits per heavy atom. The van der Waals surface area contributed by atoms with Crippen molar-refractivity contribution < 1.29 is 9.69 Å². The Bertz CT molecular complexity index is 93.7. The Labute approximate surface area is 56.2 Å². The summed E-state index contributed by atoms with van der Waals surface area (Å²) in [4.78, 5) is 0. The molecular formula is C6H15N2O+. The summed E-state index contributed by atoms with van der Waals surface area (Å²) in [6.45, 7) is 1.00. The average molecular weight is 131 g/mol. The quantitative estimate of drug-likeness (QED) is 0.258. The summed E-state index contributed by atoms with van der Waals surface area (Å²) in [5, 5.41) is 10.9. The molecule has 0 aliphatic heterocycles. The molecular weight excluding hydrogens is 116 g/mol. The highest BCUT2D eigenvalue weighted by Crippen LogP contribution is 1.90. The SMILES string of the molecule is C[N+](C)(C)CC/C=N/O. The van der Waals surface area contributed by atoms with Crippen molar-refractivity contribution in [2.24, 2.45) is 5.16 Å². The molecule has 0 saturated heterocycles. The van der Waals surface area contributed by atoms with Gasteiger partial charge in [0.15, 0.2) is 0 Å². The van der Waals surface area contributed by atoms with Crippen LogP contribution in [0.15, 0.2) is 5.16 Å². The minimum absolute atomic E-state index is 0.833. The van der Waals surface area contributed by atoms with Gasteiger partial charge in [0.25, 0.3) is 0 Å². The van der Waals surface area contributed by atoms with Crippen LogP contribution in [-0.4, -0.2) is 43.6 Å². The van der Waals surface area contributed by atoms with Crippen LogP contribution >= 0.6 is 0 Å². The third-order valence-electron chi connectivity index (χ3n) is 1.01. The van der Waals surface area contributed by atoms with Crippen LogP contribution in [0.1, 0.15) is 6.42 Å². The molecule has 9 heavy (non-hydrogen) atoms. The van der Waals surface area contributed by atoms with Gasteiger partial charge >= 0.3 is 0 Å². The summed E-state index contributed by atoms with van der Waals surface area (Å²) >= 11 is 0. The third kappa shape index (κ3) is 7.43. The first kappa shape index (κ1) is 8.43. The Balaban J connectivity index is 3.28. The molecule has 0 amide bonds. The van der Waals surface area contributed by atoms with Gasteiger partial charge in [0.05, 0.1) is 27.7 Å². The monoisotopic (exact) mass is 131 g/mol. The van der Waals surface area contributed by atoms with E-state index in [-0.39, 0.29) is 0 Å². The van der Waals surface area contributed by atoms with Crippen molar-refractivity contribution in [2.45, 2.75) is 6.42 Å². The zero-order valence-corrected chi connectivity index (χ0v) is 6.33. The fraction of sp³-hybridized carbons (Fsp3) is 0.833. The zero-order valence-electron chi connectivity index (χ0n) is 6.33. The standard InChI is InChI=1S/C6H14N2O/c1-8(2,3)6-4-5-7-9/h5H,4,6H2,1-3H3/p+1/b7-5+. The molecule has 1 N–H and O–H groups in total. The predicted molar refractivity (Wildman–Crippen MR) is 37.8 cm³/mol. The van der Waals surface area contributed by atoms with Gasteiger partial charge in [0.1, 0.15) is 0 Å². The van der Waals surface area contributed by atoms with E-state index in [9.17, 15) is 0 Å². The number of nitrogens with zero attached hydrogens (tertiary/aromatic N) is 2. The van der Waals surface area contributed by atoms with Crippen molar-refractivity contribution in [3.05, 3.63) is 0 Å². The Hall–Kier alpha value is -0.570. The van der Waals surface area contributed by atoms with Gasteiger partial charge in [0, 0.05) is 12.6 Å². The van der Waals surface area contributed by atoms with Gasteiger partial charge in [-0.25, -0.2) is 0 Å². The molecule has 0 rings (SSSR count). The lowest BCUT2D eigenvalue weighted by Crippen LogP contribution is -2.35. The normalized spacial score (nSPS) is 12.8. The molecule has 0 aromatic heterocycles. The van der Waals surface area contributed by atoms with Crippen LogP contribution in [0.3, 0.4) is 0 Å². The molecule has 0 radical (unpaired) electrons. The van der Waals surface area contributed by atoms with Crippen molar-refractivity contribution in [3.63, 3.8) is 0 Å². The molecule has 0 bridgehead atoms. The van der Waals surface area contributed by atoms with Gasteiger partial charge < -0.3 is 9.69 Å². The van der Waals surface area contributed by atoms with Crippen molar-refractivity contribution >= 4 is 6.21 Å². The minimum Gasteiger partial charge on any atom is -0.411 e. The van der Waals surface area contributed by atoms with Crippen molar-refractivity contribution in [1.82, 2.24) is 0 Å². The smallest absolute Gasteiger partial charge is 0.0831 e. The highest BCUT2D eigenvalue weighted by molar-refractivity contribution is 5.56. The summed E-state index contributed by atoms with van der Waals surface area (Å²) in [6.07, 6.45) is 2.35. The van der Waals surface area contributed by atoms with E-state index in [1.54, 1.807) is 0 Å². The maximum absolute atomic E-state index is 8.03. The number of quaternary nitrogens is 1. The van der Waals surface area contributed by atoms with Crippen LogP contribution in [0.4, 0.5) is 0 Å². The van der Waals surface area contributed by atoms with Crippen LogP contribution in [0.25, 0.3) is 0 Å². The second-order valence-electron chi connectivity index (χ2n) is 3.10. The fourth-order valence-electron chi connectivity index (χ4n) is 0.503. The molecule has 54 valence electrons. The van der Waals surface area contributed by atoms with Crippen LogP contribution in [0.2, 0.25) is 0 Å². The number of oxime groups is 1. The van der Waals surface area contributed by atoms with E-state index in [0.29, 0.717) is 0 Å². The molecule has 0 aromatic carbocycles. The van der Waals surface area contributed by atoms with Crippen molar-refractivity contribution in [3.8, 4) is 0 Å². The first-order valence-electron chi connectivity index (χ1n) is 3.02. The Morgan fingerprint density at radius 1 is 1.44 bits per heavy atom. The van der Waals surface area contributed by atoms with E-state index in [2.05, 4.69) is 26.3 Å². The summed E-state index contributed by atoms with van der Waals surface area (Å²) in [5.74, 6) is 0. The average Bonchev–Trinajstić information content (AvgIpc) is 1.63. The molecule has 0 saturated carbocycles. The molecule has 0 fully saturated rings. The molecule has 0 aromatic rings. The molecule has 0 atom stereocenters. The second kappa shape index (κ2) is 3.45. The zero-order chi connectivity index (χ0) is 7.33. The van der Waals surface area contributed by atoms with Crippen LogP contribution in [0, 0.1) is 0 Å². The van der Waals surface area contributed by atoms with Gasteiger partial charge in [-0.2, -0.15) is 0 Å². The van der Waals surface area contributed by atoms with Gasteiger partial charge in [-0.05, 0) is 0 Å². The topological polar surface area (TPSA) is 32.6 Å². The van der Waals surface area contributed by atoms with Gasteiger partial charge in [-0.1, -0.05) is 0 Å². The lowest BCUT2D eigenvalue weighted by molar-refractivity contribution is -0.869. The maximum atomic E-state index is 8.03. The molecule has 3 nitrogen and oxygen atoms in total. The summed E-state index contributed by atoms with van der Waals surface area (Å²) in [5.41, 5.74) is 0. The third-order valence-corrected chi connectivity index (χ3v) is 1.01. The maximum Gasteiger partial charge on any atom is 0.0831 e. The fourth-order valence-corrected chi connectivity index (χ4v) is 0.503. The molecule has 0 aliphatic rings. The molecule has 0 spiro atoms. The van der Waals surface area contributed by atoms with Crippen LogP contribution in [0.5, 0.6) is 0 Å². The predicted octanol–water partition coefficient (Wildman–Crippen LogP) is 0.543. The molecule has 0 heterocycles. The first-order valence-corrected chi connectivity index (χ1v) is 3.02. The van der Waals surface area contributed by atoms with Gasteiger partial charge in [-0.15, -0.1) is 5.16 Å². The van der Waals surface area contributed by atoms with Gasteiger partial charge in [-0.3, -0.25) is 0 Å². The van der Waals surface area contributed by atoms with E-state index >= 15 is 0 Å². The van der Waals surface area contributed by atoms with Crippen molar-refractivity contribution in [2.75, 3.05) is 27.7 Å². The largest absolute Gasteiger partial charge is 0.411 e. The molecule has 0 unspecified atom stereocenters. The lowest BCUT2D eigenvalue weighted by atomic mass is 10.4. The van der Waals surface area contributed by atoms with E-state index < -0.39 is 0 Å². The molecule has 3 heteroatoms. The minimum atomic E-state index is 0.833. The van der Waals surface area contributed by atoms with E-state index in [0.717, 1.165) is 17.4 Å². The number of hydrogen-bond donors (Lipinski definition) is 1. The lowest BCUT2D eigenvalue weighted by Gasteiger charge is -2.22. The second-order valence-corrected chi connectivity index (χ2v) is 3.10. The first-order chi connectivity index (χ1) is 4.06. The summed E-state index contributed by atoms with van der Waals surface area (Å²) in [7, 11) is 6.31. The van der Waals surface area contributed by atoms with Crippen LogP contribution in [-0.2, 0) is 0 Å². The number of rotatable bonds is 3. The Morgan fingerprint density at radius 3 is 2.33 bits per heavy atom. The Kier molecular flexibility index (Phi) is 3.24. The van der Waals surface area contributed by atoms with E-state index in [1.807, 2.05) is 0 Å². The molecule has 0 aliphatic carbocycles. The highest BCUT2D eigenvalue weighted by atomic mass is 16.4. The van der Waals surface area contributed by atoms with E-state index in [1.165, 1.54) is 6.21 Å². The van der Waals surface area contributed by atoms with E-state index in [4.69, 9.17) is 5.21 Å². The summed E-state index contributed by atoms with van der Waals surface area (Å²) < 4.78 is 0.909. The van der Waals surface area contributed by atoms with Gasteiger partial charge in [0.2, 0.25) is 0 Å².